The third kappa shape index (κ3) is 2.93. The van der Waals surface area contributed by atoms with Gasteiger partial charge in [-0.15, -0.1) is 0 Å². The van der Waals surface area contributed by atoms with E-state index in [1.807, 2.05) is 0 Å². The lowest BCUT2D eigenvalue weighted by Gasteiger charge is -2.51. The SMILES string of the molecule is c1ccc([C@@H]2COCCN2C2CC(N3CCNCC3)C2)cc1. The lowest BCUT2D eigenvalue weighted by molar-refractivity contribution is -0.0688. The van der Waals surface area contributed by atoms with Crippen molar-refractivity contribution in [1.82, 2.24) is 15.1 Å². The second kappa shape index (κ2) is 6.67. The fourth-order valence-electron chi connectivity index (χ4n) is 4.19. The molecule has 1 aromatic carbocycles. The fraction of sp³-hybridized carbons (Fsp3) is 0.667. The molecule has 1 aliphatic carbocycles. The molecule has 3 fully saturated rings. The highest BCUT2D eigenvalue weighted by atomic mass is 16.5. The summed E-state index contributed by atoms with van der Waals surface area (Å²) < 4.78 is 5.77. The molecule has 0 amide bonds. The van der Waals surface area contributed by atoms with Crippen LogP contribution in [0.4, 0.5) is 0 Å². The van der Waals surface area contributed by atoms with Crippen molar-refractivity contribution in [2.24, 2.45) is 0 Å². The van der Waals surface area contributed by atoms with E-state index in [-0.39, 0.29) is 0 Å². The van der Waals surface area contributed by atoms with Crippen molar-refractivity contribution in [3.05, 3.63) is 35.9 Å². The van der Waals surface area contributed by atoms with Crippen LogP contribution in [0, 0.1) is 0 Å². The van der Waals surface area contributed by atoms with Gasteiger partial charge in [-0.2, -0.15) is 0 Å². The molecule has 4 rings (SSSR count). The first-order chi connectivity index (χ1) is 10.9. The molecule has 120 valence electrons. The van der Waals surface area contributed by atoms with Gasteiger partial charge in [0.15, 0.2) is 0 Å². The van der Waals surface area contributed by atoms with Crippen LogP contribution < -0.4 is 5.32 Å². The van der Waals surface area contributed by atoms with Gasteiger partial charge in [0.05, 0.1) is 19.3 Å². The van der Waals surface area contributed by atoms with Crippen LogP contribution in [0.5, 0.6) is 0 Å². The van der Waals surface area contributed by atoms with Gasteiger partial charge in [-0.1, -0.05) is 30.3 Å². The highest BCUT2D eigenvalue weighted by Gasteiger charge is 2.40. The average molecular weight is 301 g/mol. The summed E-state index contributed by atoms with van der Waals surface area (Å²) in [6, 6.07) is 12.9. The van der Waals surface area contributed by atoms with E-state index in [0.717, 1.165) is 44.9 Å². The van der Waals surface area contributed by atoms with E-state index in [1.54, 1.807) is 0 Å². The fourth-order valence-corrected chi connectivity index (χ4v) is 4.19. The van der Waals surface area contributed by atoms with Gasteiger partial charge in [0.25, 0.3) is 0 Å². The zero-order chi connectivity index (χ0) is 14.8. The van der Waals surface area contributed by atoms with Crippen LogP contribution >= 0.6 is 0 Å². The maximum atomic E-state index is 5.77. The van der Waals surface area contributed by atoms with Crippen molar-refractivity contribution in [1.29, 1.82) is 0 Å². The average Bonchev–Trinajstić information content (AvgIpc) is 2.56. The molecule has 0 unspecified atom stereocenters. The number of rotatable bonds is 3. The number of piperazine rings is 1. The van der Waals surface area contributed by atoms with Gasteiger partial charge in [-0.25, -0.2) is 0 Å². The van der Waals surface area contributed by atoms with Crippen molar-refractivity contribution < 1.29 is 4.74 Å². The topological polar surface area (TPSA) is 27.7 Å². The van der Waals surface area contributed by atoms with Crippen LogP contribution in [0.2, 0.25) is 0 Å². The number of ether oxygens (including phenoxy) is 1. The normalized spacial score (nSPS) is 34.3. The molecular weight excluding hydrogens is 274 g/mol. The summed E-state index contributed by atoms with van der Waals surface area (Å²) in [6.07, 6.45) is 2.67. The first-order valence-electron chi connectivity index (χ1n) is 8.75. The largest absolute Gasteiger partial charge is 0.378 e. The second-order valence-corrected chi connectivity index (χ2v) is 6.80. The summed E-state index contributed by atoms with van der Waals surface area (Å²) in [7, 11) is 0. The molecule has 0 spiro atoms. The zero-order valence-corrected chi connectivity index (χ0v) is 13.3. The van der Waals surface area contributed by atoms with E-state index in [1.165, 1.54) is 31.5 Å². The molecular formula is C18H27N3O. The van der Waals surface area contributed by atoms with E-state index in [9.17, 15) is 0 Å². The summed E-state index contributed by atoms with van der Waals surface area (Å²) >= 11 is 0. The molecule has 2 aliphatic heterocycles. The Kier molecular flexibility index (Phi) is 4.44. The molecule has 1 saturated carbocycles. The summed E-state index contributed by atoms with van der Waals surface area (Å²) in [4.78, 5) is 5.39. The number of nitrogens with zero attached hydrogens (tertiary/aromatic N) is 2. The number of hydrogen-bond acceptors (Lipinski definition) is 4. The van der Waals surface area contributed by atoms with E-state index < -0.39 is 0 Å². The van der Waals surface area contributed by atoms with Crippen molar-refractivity contribution in [2.75, 3.05) is 45.9 Å². The van der Waals surface area contributed by atoms with Gasteiger partial charge in [0.1, 0.15) is 0 Å². The predicted molar refractivity (Wildman–Crippen MR) is 88.0 cm³/mol. The Bertz CT molecular complexity index is 468. The summed E-state index contributed by atoms with van der Waals surface area (Å²) in [5, 5.41) is 3.45. The quantitative estimate of drug-likeness (QED) is 0.915. The van der Waals surface area contributed by atoms with Gasteiger partial charge < -0.3 is 10.1 Å². The first kappa shape index (κ1) is 14.6. The van der Waals surface area contributed by atoms with E-state index in [2.05, 4.69) is 45.4 Å². The summed E-state index contributed by atoms with van der Waals surface area (Å²) in [5.74, 6) is 0. The van der Waals surface area contributed by atoms with Crippen LogP contribution in [0.3, 0.4) is 0 Å². The summed E-state index contributed by atoms with van der Waals surface area (Å²) in [5.41, 5.74) is 1.41. The monoisotopic (exact) mass is 301 g/mol. The molecule has 0 aromatic heterocycles. The van der Waals surface area contributed by atoms with Crippen molar-refractivity contribution in [3.8, 4) is 0 Å². The zero-order valence-electron chi connectivity index (χ0n) is 13.3. The second-order valence-electron chi connectivity index (χ2n) is 6.80. The van der Waals surface area contributed by atoms with Crippen molar-refractivity contribution >= 4 is 0 Å². The van der Waals surface area contributed by atoms with Crippen LogP contribution in [-0.4, -0.2) is 67.8 Å². The van der Waals surface area contributed by atoms with E-state index in [4.69, 9.17) is 4.74 Å². The minimum absolute atomic E-state index is 0.448. The van der Waals surface area contributed by atoms with Gasteiger partial charge in [-0.3, -0.25) is 9.80 Å². The first-order valence-corrected chi connectivity index (χ1v) is 8.75. The number of hydrogen-bond donors (Lipinski definition) is 1. The molecule has 3 aliphatic rings. The van der Waals surface area contributed by atoms with Gasteiger partial charge in [0.2, 0.25) is 0 Å². The molecule has 2 heterocycles. The molecule has 1 atom stereocenters. The van der Waals surface area contributed by atoms with E-state index >= 15 is 0 Å². The summed E-state index contributed by atoms with van der Waals surface area (Å²) in [6.45, 7) is 7.58. The number of benzene rings is 1. The Balaban J connectivity index is 1.39. The Labute approximate surface area is 133 Å². The molecule has 22 heavy (non-hydrogen) atoms. The predicted octanol–water partition coefficient (Wildman–Crippen LogP) is 1.50. The van der Waals surface area contributed by atoms with Crippen molar-refractivity contribution in [3.63, 3.8) is 0 Å². The molecule has 1 N–H and O–H groups in total. The minimum atomic E-state index is 0.448. The standard InChI is InChI=1S/C18H27N3O/c1-2-4-15(5-3-1)18-14-22-11-10-21(18)17-12-16(13-17)20-8-6-19-7-9-20/h1-5,16-19H,6-14H2/t16?,17?,18-/m0/s1. The molecule has 2 saturated heterocycles. The third-order valence-corrected chi connectivity index (χ3v) is 5.58. The number of nitrogens with one attached hydrogen (secondary N) is 1. The van der Waals surface area contributed by atoms with E-state index in [0.29, 0.717) is 6.04 Å². The third-order valence-electron chi connectivity index (χ3n) is 5.58. The Morgan fingerprint density at radius 1 is 0.955 bits per heavy atom. The number of morpholine rings is 1. The van der Waals surface area contributed by atoms with Crippen LogP contribution in [0.25, 0.3) is 0 Å². The lowest BCUT2D eigenvalue weighted by atomic mass is 9.82. The molecule has 0 radical (unpaired) electrons. The smallest absolute Gasteiger partial charge is 0.0664 e. The minimum Gasteiger partial charge on any atom is -0.378 e. The van der Waals surface area contributed by atoms with Gasteiger partial charge in [0, 0.05) is 44.8 Å². The van der Waals surface area contributed by atoms with Crippen LogP contribution in [-0.2, 0) is 4.74 Å². The molecule has 4 nitrogen and oxygen atoms in total. The Morgan fingerprint density at radius 2 is 1.73 bits per heavy atom. The van der Waals surface area contributed by atoms with Gasteiger partial charge >= 0.3 is 0 Å². The Hall–Kier alpha value is -0.940. The van der Waals surface area contributed by atoms with Gasteiger partial charge in [-0.05, 0) is 18.4 Å². The molecule has 0 bridgehead atoms. The van der Waals surface area contributed by atoms with Crippen LogP contribution in [0.1, 0.15) is 24.4 Å². The maximum Gasteiger partial charge on any atom is 0.0664 e. The highest BCUT2D eigenvalue weighted by molar-refractivity contribution is 5.20. The highest BCUT2D eigenvalue weighted by Crippen LogP contribution is 2.36. The molecule has 1 aromatic rings. The van der Waals surface area contributed by atoms with Crippen molar-refractivity contribution in [2.45, 2.75) is 31.0 Å². The molecule has 4 heteroatoms. The Morgan fingerprint density at radius 3 is 2.50 bits per heavy atom. The lowest BCUT2D eigenvalue weighted by Crippen LogP contribution is -2.59. The van der Waals surface area contributed by atoms with Crippen LogP contribution in [0.15, 0.2) is 30.3 Å². The maximum absolute atomic E-state index is 5.77.